The Kier molecular flexibility index (Phi) is 4.60. The van der Waals surface area contributed by atoms with E-state index in [1.807, 2.05) is 27.2 Å². The molecule has 0 saturated heterocycles. The summed E-state index contributed by atoms with van der Waals surface area (Å²) in [6.07, 6.45) is 0. The van der Waals surface area contributed by atoms with Crippen LogP contribution in [0.4, 0.5) is 0 Å². The van der Waals surface area contributed by atoms with Crippen molar-refractivity contribution in [1.29, 1.82) is 0 Å². The lowest BCUT2D eigenvalue weighted by atomic mass is 10.4. The molecule has 0 saturated carbocycles. The van der Waals surface area contributed by atoms with Crippen LogP contribution in [0.3, 0.4) is 0 Å². The monoisotopic (exact) mass is 209 g/mol. The number of aromatic nitrogens is 2. The first kappa shape index (κ1) is 11.8. The van der Waals surface area contributed by atoms with Crippen molar-refractivity contribution in [3.05, 3.63) is 16.9 Å². The summed E-state index contributed by atoms with van der Waals surface area (Å²) in [5.41, 5.74) is 1.00. The van der Waals surface area contributed by atoms with Crippen molar-refractivity contribution in [3.63, 3.8) is 0 Å². The van der Waals surface area contributed by atoms with E-state index < -0.39 is 0 Å². The summed E-state index contributed by atoms with van der Waals surface area (Å²) in [5, 5.41) is 4.88. The smallest absolute Gasteiger partial charge is 0.127 e. The third kappa shape index (κ3) is 3.01. The predicted octanol–water partition coefficient (Wildman–Crippen LogP) is 1.56. The zero-order chi connectivity index (χ0) is 8.43. The van der Waals surface area contributed by atoms with Crippen molar-refractivity contribution in [2.24, 2.45) is 7.05 Å². The molecule has 1 aromatic rings. The number of hydrogen-bond acceptors (Lipinski definition) is 2. The first-order valence-electron chi connectivity index (χ1n) is 3.42. The normalized spacial score (nSPS) is 10.1. The Hall–Kier alpha value is -0.250. The zero-order valence-electron chi connectivity index (χ0n) is 7.41. The van der Waals surface area contributed by atoms with Gasteiger partial charge in [0.25, 0.3) is 0 Å². The quantitative estimate of drug-likeness (QED) is 0.738. The molecule has 0 N–H and O–H groups in total. The summed E-state index contributed by atoms with van der Waals surface area (Å²) >= 11 is 5.79. The molecule has 0 amide bonds. The van der Waals surface area contributed by atoms with Crippen molar-refractivity contribution in [3.8, 4) is 0 Å². The topological polar surface area (TPSA) is 21.1 Å². The maximum atomic E-state index is 5.79. The molecule has 1 rings (SSSR count). The Bertz CT molecular complexity index is 225. The lowest BCUT2D eigenvalue weighted by Crippen LogP contribution is -2.11. The SMILES string of the molecule is CN(C)Cc1cc(Cl)n(C)n1.Cl. The molecule has 0 fully saturated rings. The molecule has 5 heteroatoms. The minimum absolute atomic E-state index is 0. The van der Waals surface area contributed by atoms with E-state index in [-0.39, 0.29) is 12.4 Å². The fourth-order valence-electron chi connectivity index (χ4n) is 0.901. The third-order valence-corrected chi connectivity index (χ3v) is 1.71. The van der Waals surface area contributed by atoms with Gasteiger partial charge in [-0.1, -0.05) is 11.6 Å². The van der Waals surface area contributed by atoms with E-state index in [1.54, 1.807) is 4.68 Å². The molecular formula is C7H13Cl2N3. The second-order valence-electron chi connectivity index (χ2n) is 2.82. The Morgan fingerprint density at radius 3 is 2.50 bits per heavy atom. The average Bonchev–Trinajstić information content (AvgIpc) is 2.10. The summed E-state index contributed by atoms with van der Waals surface area (Å²) in [7, 11) is 5.84. The number of aryl methyl sites for hydroxylation is 1. The van der Waals surface area contributed by atoms with E-state index in [4.69, 9.17) is 11.6 Å². The highest BCUT2D eigenvalue weighted by molar-refractivity contribution is 6.29. The summed E-state index contributed by atoms with van der Waals surface area (Å²) in [6, 6.07) is 1.88. The highest BCUT2D eigenvalue weighted by atomic mass is 35.5. The van der Waals surface area contributed by atoms with Crippen LogP contribution >= 0.6 is 24.0 Å². The van der Waals surface area contributed by atoms with Gasteiger partial charge in [0.15, 0.2) is 0 Å². The molecule has 1 heterocycles. The van der Waals surface area contributed by atoms with Crippen LogP contribution in [0.1, 0.15) is 5.69 Å². The Balaban J connectivity index is 0.00000121. The summed E-state index contributed by atoms with van der Waals surface area (Å²) in [5.74, 6) is 0. The number of hydrogen-bond donors (Lipinski definition) is 0. The van der Waals surface area contributed by atoms with Crippen molar-refractivity contribution >= 4 is 24.0 Å². The van der Waals surface area contributed by atoms with Crippen molar-refractivity contribution < 1.29 is 0 Å². The zero-order valence-corrected chi connectivity index (χ0v) is 8.98. The standard InChI is InChI=1S/C7H12ClN3.ClH/c1-10(2)5-6-4-7(8)11(3)9-6;/h4H,5H2,1-3H3;1H. The molecule has 0 atom stereocenters. The van der Waals surface area contributed by atoms with Crippen molar-refractivity contribution in [2.75, 3.05) is 14.1 Å². The molecule has 0 aliphatic rings. The molecule has 0 aliphatic carbocycles. The van der Waals surface area contributed by atoms with E-state index in [9.17, 15) is 0 Å². The molecule has 0 radical (unpaired) electrons. The fourth-order valence-corrected chi connectivity index (χ4v) is 1.07. The van der Waals surface area contributed by atoms with Crippen LogP contribution in [0, 0.1) is 0 Å². The molecule has 0 aliphatic heterocycles. The maximum absolute atomic E-state index is 5.79. The number of nitrogens with zero attached hydrogens (tertiary/aromatic N) is 3. The van der Waals surface area contributed by atoms with Gasteiger partial charge in [-0.15, -0.1) is 12.4 Å². The molecular weight excluding hydrogens is 197 g/mol. The van der Waals surface area contributed by atoms with Gasteiger partial charge < -0.3 is 4.90 Å². The predicted molar refractivity (Wildman–Crippen MR) is 52.9 cm³/mol. The molecule has 70 valence electrons. The lowest BCUT2D eigenvalue weighted by molar-refractivity contribution is 0.395. The lowest BCUT2D eigenvalue weighted by Gasteiger charge is -2.04. The highest BCUT2D eigenvalue weighted by Gasteiger charge is 2.02. The summed E-state index contributed by atoms with van der Waals surface area (Å²) < 4.78 is 1.67. The molecule has 0 spiro atoms. The van der Waals surface area contributed by atoms with Gasteiger partial charge >= 0.3 is 0 Å². The fraction of sp³-hybridized carbons (Fsp3) is 0.571. The maximum Gasteiger partial charge on any atom is 0.127 e. The molecule has 0 bridgehead atoms. The molecule has 3 nitrogen and oxygen atoms in total. The van der Waals surface area contributed by atoms with Gasteiger partial charge in [-0.3, -0.25) is 4.68 Å². The first-order valence-corrected chi connectivity index (χ1v) is 3.80. The third-order valence-electron chi connectivity index (χ3n) is 1.35. The van der Waals surface area contributed by atoms with Gasteiger partial charge in [-0.05, 0) is 20.2 Å². The second kappa shape index (κ2) is 4.70. The minimum Gasteiger partial charge on any atom is -0.304 e. The Labute approximate surface area is 83.7 Å². The van der Waals surface area contributed by atoms with E-state index >= 15 is 0 Å². The van der Waals surface area contributed by atoms with Crippen LogP contribution in [0.5, 0.6) is 0 Å². The second-order valence-corrected chi connectivity index (χ2v) is 3.21. The van der Waals surface area contributed by atoms with Gasteiger partial charge in [0, 0.05) is 13.6 Å². The summed E-state index contributed by atoms with van der Waals surface area (Å²) in [4.78, 5) is 2.05. The minimum atomic E-state index is 0. The van der Waals surface area contributed by atoms with Crippen LogP contribution in [0.15, 0.2) is 6.07 Å². The number of rotatable bonds is 2. The van der Waals surface area contributed by atoms with Crippen LogP contribution < -0.4 is 0 Å². The largest absolute Gasteiger partial charge is 0.304 e. The van der Waals surface area contributed by atoms with E-state index in [1.165, 1.54) is 0 Å². The van der Waals surface area contributed by atoms with Gasteiger partial charge in [0.05, 0.1) is 5.69 Å². The molecule has 0 aromatic carbocycles. The van der Waals surface area contributed by atoms with E-state index in [0.717, 1.165) is 12.2 Å². The van der Waals surface area contributed by atoms with Gasteiger partial charge in [-0.2, -0.15) is 5.10 Å². The Morgan fingerprint density at radius 1 is 1.58 bits per heavy atom. The summed E-state index contributed by atoms with van der Waals surface area (Å²) in [6.45, 7) is 0.834. The Morgan fingerprint density at radius 2 is 2.17 bits per heavy atom. The number of halogens is 2. The van der Waals surface area contributed by atoms with Crippen molar-refractivity contribution in [1.82, 2.24) is 14.7 Å². The van der Waals surface area contributed by atoms with Crippen LogP contribution in [-0.4, -0.2) is 28.8 Å². The molecule has 12 heavy (non-hydrogen) atoms. The van der Waals surface area contributed by atoms with E-state index in [0.29, 0.717) is 5.15 Å². The first-order chi connectivity index (χ1) is 5.09. The molecule has 1 aromatic heterocycles. The molecule has 0 unspecified atom stereocenters. The van der Waals surface area contributed by atoms with Gasteiger partial charge in [0.1, 0.15) is 5.15 Å². The van der Waals surface area contributed by atoms with Crippen LogP contribution in [0.25, 0.3) is 0 Å². The van der Waals surface area contributed by atoms with Gasteiger partial charge in [-0.25, -0.2) is 0 Å². The van der Waals surface area contributed by atoms with Gasteiger partial charge in [0.2, 0.25) is 0 Å². The average molecular weight is 210 g/mol. The van der Waals surface area contributed by atoms with E-state index in [2.05, 4.69) is 10.00 Å². The highest BCUT2D eigenvalue weighted by Crippen LogP contribution is 2.09. The van der Waals surface area contributed by atoms with Crippen LogP contribution in [-0.2, 0) is 13.6 Å². The van der Waals surface area contributed by atoms with Crippen molar-refractivity contribution in [2.45, 2.75) is 6.54 Å². The van der Waals surface area contributed by atoms with Crippen LogP contribution in [0.2, 0.25) is 5.15 Å².